The first-order valence-electron chi connectivity index (χ1n) is 12.2. The van der Waals surface area contributed by atoms with Crippen LogP contribution < -0.4 is 10.2 Å². The first kappa shape index (κ1) is 26.4. The lowest BCUT2D eigenvalue weighted by atomic mass is 9.92. The van der Waals surface area contributed by atoms with Crippen LogP contribution in [0.1, 0.15) is 70.2 Å². The summed E-state index contributed by atoms with van der Waals surface area (Å²) in [6.07, 6.45) is 9.17. The molecule has 1 unspecified atom stereocenters. The molecule has 0 radical (unpaired) electrons. The number of rotatable bonds is 10. The molecule has 0 aromatic heterocycles. The number of carbonyl (C=O) groups excluding carboxylic acids is 1. The van der Waals surface area contributed by atoms with Gasteiger partial charge in [-0.2, -0.15) is 0 Å². The number of nitrogens with one attached hydrogen (secondary N) is 1. The molecule has 1 amide bonds. The van der Waals surface area contributed by atoms with Crippen molar-refractivity contribution >= 4 is 23.0 Å². The topological polar surface area (TPSA) is 82.0 Å². The quantitative estimate of drug-likeness (QED) is 0.193. The largest absolute Gasteiger partial charge is 0.508 e. The van der Waals surface area contributed by atoms with Crippen molar-refractivity contribution in [3.05, 3.63) is 65.3 Å². The number of anilines is 3. The Labute approximate surface area is 208 Å². The fraction of sp³-hybridized carbons (Fsp3) is 0.414. The van der Waals surface area contributed by atoms with Crippen LogP contribution in [0.5, 0.6) is 11.5 Å². The smallest absolute Gasteiger partial charge is 0.260 e. The second-order valence-electron chi connectivity index (χ2n) is 9.82. The molecular weight excluding hydrogens is 440 g/mol. The van der Waals surface area contributed by atoms with Crippen LogP contribution in [0.25, 0.3) is 0 Å². The average Bonchev–Trinajstić information content (AvgIpc) is 2.92. The Kier molecular flexibility index (Phi) is 8.62. The van der Waals surface area contributed by atoms with Gasteiger partial charge in [0.15, 0.2) is 0 Å². The first-order valence-corrected chi connectivity index (χ1v) is 12.2. The Bertz CT molecular complexity index is 1120. The van der Waals surface area contributed by atoms with Crippen LogP contribution in [0, 0.1) is 0 Å². The Hall–Kier alpha value is -3.25. The molecule has 0 saturated carbocycles. The molecule has 1 aliphatic heterocycles. The number of phenols is 2. The summed E-state index contributed by atoms with van der Waals surface area (Å²) in [6, 6.07) is 9.75. The Morgan fingerprint density at radius 3 is 2.60 bits per heavy atom. The van der Waals surface area contributed by atoms with E-state index in [1.54, 1.807) is 48.4 Å². The van der Waals surface area contributed by atoms with Crippen molar-refractivity contribution in [2.24, 2.45) is 0 Å². The van der Waals surface area contributed by atoms with Crippen LogP contribution in [0.4, 0.5) is 17.1 Å². The third kappa shape index (κ3) is 6.67. The van der Waals surface area contributed by atoms with Gasteiger partial charge in [-0.3, -0.25) is 4.79 Å². The third-order valence-electron chi connectivity index (χ3n) is 6.67. The number of carbonyl (C=O) groups is 1. The van der Waals surface area contributed by atoms with Crippen molar-refractivity contribution in [3.8, 4) is 11.5 Å². The van der Waals surface area contributed by atoms with E-state index in [4.69, 9.17) is 4.74 Å². The van der Waals surface area contributed by atoms with E-state index in [1.807, 2.05) is 0 Å². The lowest BCUT2D eigenvalue weighted by molar-refractivity contribution is -0.00881. The maximum absolute atomic E-state index is 13.5. The number of allylic oxidation sites excluding steroid dienone is 3. The molecule has 1 heterocycles. The molecule has 0 spiro atoms. The highest BCUT2D eigenvalue weighted by Gasteiger charge is 2.28. The number of fused-ring (bicyclic) bond motifs is 2. The van der Waals surface area contributed by atoms with E-state index in [1.165, 1.54) is 11.1 Å². The van der Waals surface area contributed by atoms with Crippen LogP contribution in [0.15, 0.2) is 59.7 Å². The average molecular weight is 479 g/mol. The van der Waals surface area contributed by atoms with Gasteiger partial charge >= 0.3 is 0 Å². The minimum absolute atomic E-state index is 0.00854. The molecule has 35 heavy (non-hydrogen) atoms. The molecule has 0 saturated heterocycles. The van der Waals surface area contributed by atoms with Crippen molar-refractivity contribution < 1.29 is 19.7 Å². The van der Waals surface area contributed by atoms with Crippen LogP contribution in [-0.4, -0.2) is 35.4 Å². The molecular formula is C29H38N2O4. The first-order chi connectivity index (χ1) is 16.6. The standard InChI is InChI=1S/C29H38N2O4/c1-20(2)9-7-16-29(4,35-5)17-8-10-21(3)15-18-31-25-19-22(32)13-14-24(25)30-27-23(28(31)34)11-6-12-26(27)33/h6,9,11-15,19,30,32-33H,7-8,10,16-18H2,1-5H3/b21-15+. The summed E-state index contributed by atoms with van der Waals surface area (Å²) >= 11 is 0. The molecule has 6 nitrogen and oxygen atoms in total. The summed E-state index contributed by atoms with van der Waals surface area (Å²) in [7, 11) is 1.78. The Balaban J connectivity index is 1.72. The van der Waals surface area contributed by atoms with Gasteiger partial charge in [0, 0.05) is 19.7 Å². The lowest BCUT2D eigenvalue weighted by Gasteiger charge is -2.28. The zero-order valence-corrected chi connectivity index (χ0v) is 21.5. The number of aromatic hydroxyl groups is 2. The van der Waals surface area contributed by atoms with E-state index in [2.05, 4.69) is 45.2 Å². The monoisotopic (exact) mass is 478 g/mol. The van der Waals surface area contributed by atoms with E-state index in [-0.39, 0.29) is 23.0 Å². The fourth-order valence-electron chi connectivity index (χ4n) is 4.36. The fourth-order valence-corrected chi connectivity index (χ4v) is 4.36. The van der Waals surface area contributed by atoms with E-state index in [9.17, 15) is 15.0 Å². The molecule has 1 aliphatic rings. The van der Waals surface area contributed by atoms with Crippen molar-refractivity contribution in [1.82, 2.24) is 0 Å². The van der Waals surface area contributed by atoms with Crippen molar-refractivity contribution in [3.63, 3.8) is 0 Å². The lowest BCUT2D eigenvalue weighted by Crippen LogP contribution is -2.30. The van der Waals surface area contributed by atoms with Gasteiger partial charge in [-0.1, -0.05) is 29.4 Å². The highest BCUT2D eigenvalue weighted by Crippen LogP contribution is 2.41. The van der Waals surface area contributed by atoms with E-state index >= 15 is 0 Å². The summed E-state index contributed by atoms with van der Waals surface area (Å²) < 4.78 is 5.83. The second kappa shape index (κ2) is 11.5. The molecule has 6 heteroatoms. The maximum atomic E-state index is 13.5. The van der Waals surface area contributed by atoms with E-state index in [0.29, 0.717) is 29.2 Å². The highest BCUT2D eigenvalue weighted by molar-refractivity contribution is 6.14. The number of hydrogen-bond acceptors (Lipinski definition) is 5. The van der Waals surface area contributed by atoms with Crippen molar-refractivity contribution in [2.75, 3.05) is 23.9 Å². The van der Waals surface area contributed by atoms with Gasteiger partial charge in [0.1, 0.15) is 11.5 Å². The summed E-state index contributed by atoms with van der Waals surface area (Å²) in [5, 5.41) is 23.6. The number of hydrogen-bond donors (Lipinski definition) is 3. The number of nitrogens with zero attached hydrogens (tertiary/aromatic N) is 1. The van der Waals surface area contributed by atoms with Gasteiger partial charge in [-0.25, -0.2) is 0 Å². The molecule has 2 aromatic carbocycles. The maximum Gasteiger partial charge on any atom is 0.260 e. The molecule has 3 N–H and O–H groups in total. The minimum Gasteiger partial charge on any atom is -0.508 e. The number of methoxy groups -OCH3 is 1. The summed E-state index contributed by atoms with van der Waals surface area (Å²) in [6.45, 7) is 8.84. The van der Waals surface area contributed by atoms with Gasteiger partial charge in [0.2, 0.25) is 0 Å². The molecule has 2 aromatic rings. The van der Waals surface area contributed by atoms with Crippen LogP contribution in [0.2, 0.25) is 0 Å². The molecule has 0 bridgehead atoms. The minimum atomic E-state index is -0.233. The number of para-hydroxylation sites is 1. The van der Waals surface area contributed by atoms with Crippen LogP contribution in [-0.2, 0) is 4.74 Å². The molecule has 1 atom stereocenters. The summed E-state index contributed by atoms with van der Waals surface area (Å²) in [4.78, 5) is 15.1. The van der Waals surface area contributed by atoms with Gasteiger partial charge in [0.05, 0.1) is 28.2 Å². The van der Waals surface area contributed by atoms with Crippen molar-refractivity contribution in [2.45, 2.75) is 65.4 Å². The number of ether oxygens (including phenoxy) is 1. The molecule has 3 rings (SSSR count). The summed E-state index contributed by atoms with van der Waals surface area (Å²) in [5.41, 5.74) is 4.35. The summed E-state index contributed by atoms with van der Waals surface area (Å²) in [5.74, 6) is -0.150. The van der Waals surface area contributed by atoms with Gasteiger partial charge in [-0.15, -0.1) is 0 Å². The van der Waals surface area contributed by atoms with Gasteiger partial charge < -0.3 is 25.2 Å². The Morgan fingerprint density at radius 1 is 1.11 bits per heavy atom. The SMILES string of the molecule is COC(C)(CCC=C(C)C)CCC/C(C)=C/CN1C(=O)c2cccc(O)c2Nc2ccc(O)cc21. The predicted octanol–water partition coefficient (Wildman–Crippen LogP) is 7.07. The third-order valence-corrected chi connectivity index (χ3v) is 6.67. The Morgan fingerprint density at radius 2 is 1.89 bits per heavy atom. The number of benzene rings is 2. The van der Waals surface area contributed by atoms with E-state index in [0.717, 1.165) is 32.1 Å². The van der Waals surface area contributed by atoms with E-state index < -0.39 is 0 Å². The van der Waals surface area contributed by atoms with Crippen LogP contribution in [0.3, 0.4) is 0 Å². The highest BCUT2D eigenvalue weighted by atomic mass is 16.5. The van der Waals surface area contributed by atoms with Crippen molar-refractivity contribution in [1.29, 1.82) is 0 Å². The zero-order chi connectivity index (χ0) is 25.6. The number of phenolic OH excluding ortho intramolecular Hbond substituents is 2. The molecule has 188 valence electrons. The molecule has 0 fully saturated rings. The predicted molar refractivity (Wildman–Crippen MR) is 143 cm³/mol. The van der Waals surface area contributed by atoms with Gasteiger partial charge in [-0.05, 0) is 84.1 Å². The zero-order valence-electron chi connectivity index (χ0n) is 21.5. The normalized spacial score (nSPS) is 14.9. The van der Waals surface area contributed by atoms with Crippen LogP contribution >= 0.6 is 0 Å². The number of amides is 1. The second-order valence-corrected chi connectivity index (χ2v) is 9.82. The van der Waals surface area contributed by atoms with Gasteiger partial charge in [0.25, 0.3) is 5.91 Å². The molecule has 0 aliphatic carbocycles.